The molecule has 5 nitrogen and oxygen atoms in total. The minimum Gasteiger partial charge on any atom is -0.483 e. The number of nitrogens with one attached hydrogen (secondary N) is 1. The van der Waals surface area contributed by atoms with Crippen LogP contribution in [-0.2, 0) is 16.0 Å². The van der Waals surface area contributed by atoms with E-state index in [2.05, 4.69) is 0 Å². The number of amides is 1. The van der Waals surface area contributed by atoms with Gasteiger partial charge in [0.25, 0.3) is 5.91 Å². The molecule has 2 rings (SSSR count). The molecule has 1 amide bonds. The topological polar surface area (TPSA) is 75.6 Å². The van der Waals surface area contributed by atoms with Gasteiger partial charge in [0, 0.05) is 6.42 Å². The van der Waals surface area contributed by atoms with E-state index in [0.29, 0.717) is 12.2 Å². The first kappa shape index (κ1) is 20.3. The number of halogens is 3. The molecule has 0 aliphatic heterocycles. The Morgan fingerprint density at radius 1 is 1.04 bits per heavy atom. The van der Waals surface area contributed by atoms with Crippen molar-refractivity contribution < 1.29 is 32.6 Å². The Kier molecular flexibility index (Phi) is 6.81. The molecule has 8 heteroatoms. The van der Waals surface area contributed by atoms with Gasteiger partial charge in [0.2, 0.25) is 0 Å². The molecule has 2 N–H and O–H groups in total. The fourth-order valence-corrected chi connectivity index (χ4v) is 2.42. The fraction of sp³-hybridized carbons (Fsp3) is 0.263. The number of carbonyl (C=O) groups is 2. The van der Waals surface area contributed by atoms with Gasteiger partial charge in [0.15, 0.2) is 6.61 Å². The monoisotopic (exact) mass is 381 g/mol. The number of carboxylic acids is 1. The molecule has 0 heterocycles. The molecular weight excluding hydrogens is 363 g/mol. The molecule has 0 fully saturated rings. The van der Waals surface area contributed by atoms with E-state index >= 15 is 0 Å². The summed E-state index contributed by atoms with van der Waals surface area (Å²) >= 11 is 0. The van der Waals surface area contributed by atoms with Gasteiger partial charge >= 0.3 is 12.1 Å². The molecule has 2 aromatic rings. The normalized spacial score (nSPS) is 12.3. The first-order valence-electron chi connectivity index (χ1n) is 8.08. The molecule has 1 atom stereocenters. The summed E-state index contributed by atoms with van der Waals surface area (Å²) in [5.74, 6) is -2.30. The van der Waals surface area contributed by atoms with Crippen molar-refractivity contribution >= 4 is 11.9 Å². The summed E-state index contributed by atoms with van der Waals surface area (Å²) in [7, 11) is 0. The number of carboxylic acid groups (broad SMARTS) is 1. The van der Waals surface area contributed by atoms with Gasteiger partial charge in [-0.1, -0.05) is 48.5 Å². The van der Waals surface area contributed by atoms with Crippen LogP contribution in [0.4, 0.5) is 13.2 Å². The van der Waals surface area contributed by atoms with Crippen molar-refractivity contribution in [3.05, 3.63) is 65.7 Å². The molecule has 0 aliphatic rings. The third kappa shape index (κ3) is 7.01. The number of rotatable bonds is 8. The summed E-state index contributed by atoms with van der Waals surface area (Å²) in [4.78, 5) is 22.7. The highest BCUT2D eigenvalue weighted by Gasteiger charge is 2.36. The predicted octanol–water partition coefficient (Wildman–Crippen LogP) is 3.18. The Morgan fingerprint density at radius 2 is 1.67 bits per heavy atom. The van der Waals surface area contributed by atoms with Gasteiger partial charge in [-0.25, -0.2) is 4.79 Å². The van der Waals surface area contributed by atoms with Gasteiger partial charge in [-0.05, 0) is 17.2 Å². The maximum Gasteiger partial charge on any atom is 0.391 e. The number of para-hydroxylation sites is 1. The number of hydrogen-bond donors (Lipinski definition) is 2. The van der Waals surface area contributed by atoms with Crippen molar-refractivity contribution in [3.8, 4) is 5.75 Å². The second-order valence-corrected chi connectivity index (χ2v) is 5.84. The van der Waals surface area contributed by atoms with Crippen molar-refractivity contribution in [1.82, 2.24) is 5.32 Å². The molecule has 0 aliphatic carbocycles. The van der Waals surface area contributed by atoms with Gasteiger partial charge in [0.1, 0.15) is 11.8 Å². The maximum absolute atomic E-state index is 12.4. The minimum absolute atomic E-state index is 0.402. The SMILES string of the molecule is O=C(COc1ccccc1Cc1ccccc1)NC(CC(F)(F)F)C(=O)O. The number of carbonyl (C=O) groups excluding carboxylic acids is 1. The zero-order valence-corrected chi connectivity index (χ0v) is 14.2. The molecule has 0 spiro atoms. The molecule has 0 saturated carbocycles. The van der Waals surface area contributed by atoms with Gasteiger partial charge in [-0.3, -0.25) is 4.79 Å². The number of aliphatic carboxylic acids is 1. The van der Waals surface area contributed by atoms with E-state index in [9.17, 15) is 22.8 Å². The van der Waals surface area contributed by atoms with Crippen LogP contribution in [0.25, 0.3) is 0 Å². The van der Waals surface area contributed by atoms with E-state index < -0.39 is 37.1 Å². The van der Waals surface area contributed by atoms with Crippen LogP contribution >= 0.6 is 0 Å². The lowest BCUT2D eigenvalue weighted by Crippen LogP contribution is -2.45. The quantitative estimate of drug-likeness (QED) is 0.737. The Morgan fingerprint density at radius 3 is 2.30 bits per heavy atom. The molecule has 0 saturated heterocycles. The van der Waals surface area contributed by atoms with Crippen molar-refractivity contribution in [2.45, 2.75) is 25.1 Å². The van der Waals surface area contributed by atoms with Gasteiger partial charge in [-0.2, -0.15) is 13.2 Å². The molecule has 2 aromatic carbocycles. The summed E-state index contributed by atoms with van der Waals surface area (Å²) in [5.41, 5.74) is 1.82. The van der Waals surface area contributed by atoms with Crippen LogP contribution < -0.4 is 10.1 Å². The molecule has 0 aromatic heterocycles. The fourth-order valence-electron chi connectivity index (χ4n) is 2.42. The van der Waals surface area contributed by atoms with E-state index in [1.807, 2.05) is 41.7 Å². The molecule has 144 valence electrons. The number of benzene rings is 2. The van der Waals surface area contributed by atoms with Gasteiger partial charge in [-0.15, -0.1) is 0 Å². The van der Waals surface area contributed by atoms with Crippen LogP contribution in [0.1, 0.15) is 17.5 Å². The summed E-state index contributed by atoms with van der Waals surface area (Å²) in [6.07, 6.45) is -5.82. The third-order valence-electron chi connectivity index (χ3n) is 3.64. The van der Waals surface area contributed by atoms with Gasteiger partial charge < -0.3 is 15.2 Å². The number of ether oxygens (including phenoxy) is 1. The average molecular weight is 381 g/mol. The lowest BCUT2D eigenvalue weighted by atomic mass is 10.0. The largest absolute Gasteiger partial charge is 0.483 e. The first-order chi connectivity index (χ1) is 12.7. The zero-order chi connectivity index (χ0) is 19.9. The molecular formula is C19H18F3NO4. The summed E-state index contributed by atoms with van der Waals surface area (Å²) in [6.45, 7) is -0.590. The highest BCUT2D eigenvalue weighted by Crippen LogP contribution is 2.23. The Hall–Kier alpha value is -3.03. The zero-order valence-electron chi connectivity index (χ0n) is 14.2. The Bertz CT molecular complexity index is 778. The third-order valence-corrected chi connectivity index (χ3v) is 3.64. The van der Waals surface area contributed by atoms with Crippen molar-refractivity contribution in [1.29, 1.82) is 0 Å². The first-order valence-corrected chi connectivity index (χ1v) is 8.08. The van der Waals surface area contributed by atoms with Crippen LogP contribution in [0.3, 0.4) is 0 Å². The molecule has 0 bridgehead atoms. The lowest BCUT2D eigenvalue weighted by molar-refractivity contribution is -0.160. The summed E-state index contributed by atoms with van der Waals surface area (Å²) in [6, 6.07) is 14.4. The van der Waals surface area contributed by atoms with Crippen molar-refractivity contribution in [3.63, 3.8) is 0 Å². The van der Waals surface area contributed by atoms with E-state index in [4.69, 9.17) is 9.84 Å². The van der Waals surface area contributed by atoms with E-state index in [-0.39, 0.29) is 0 Å². The number of hydrogen-bond acceptors (Lipinski definition) is 3. The second-order valence-electron chi connectivity index (χ2n) is 5.84. The van der Waals surface area contributed by atoms with Crippen LogP contribution in [0.2, 0.25) is 0 Å². The average Bonchev–Trinajstić information content (AvgIpc) is 2.60. The maximum atomic E-state index is 12.4. The van der Waals surface area contributed by atoms with Crippen LogP contribution in [-0.4, -0.2) is 35.8 Å². The van der Waals surface area contributed by atoms with E-state index in [1.165, 1.54) is 0 Å². The van der Waals surface area contributed by atoms with Crippen LogP contribution in [0.15, 0.2) is 54.6 Å². The molecule has 0 radical (unpaired) electrons. The standard InChI is InChI=1S/C19H18F3NO4/c20-19(21,22)11-15(18(25)26)23-17(24)12-27-16-9-5-4-8-14(16)10-13-6-2-1-3-7-13/h1-9,15H,10-12H2,(H,23,24)(H,25,26). The molecule has 1 unspecified atom stereocenters. The highest BCUT2D eigenvalue weighted by molar-refractivity contribution is 5.84. The Labute approximate surface area is 153 Å². The smallest absolute Gasteiger partial charge is 0.391 e. The summed E-state index contributed by atoms with van der Waals surface area (Å²) < 4.78 is 42.5. The predicted molar refractivity (Wildman–Crippen MR) is 91.4 cm³/mol. The van der Waals surface area contributed by atoms with Crippen LogP contribution in [0.5, 0.6) is 5.75 Å². The minimum atomic E-state index is -4.71. The van der Waals surface area contributed by atoms with Gasteiger partial charge in [0.05, 0.1) is 6.42 Å². The van der Waals surface area contributed by atoms with Crippen molar-refractivity contribution in [2.24, 2.45) is 0 Å². The summed E-state index contributed by atoms with van der Waals surface area (Å²) in [5, 5.41) is 10.7. The Balaban J connectivity index is 1.97. The van der Waals surface area contributed by atoms with Crippen molar-refractivity contribution in [2.75, 3.05) is 6.61 Å². The lowest BCUT2D eigenvalue weighted by Gasteiger charge is -2.17. The molecule has 27 heavy (non-hydrogen) atoms. The number of alkyl halides is 3. The van der Waals surface area contributed by atoms with E-state index in [1.54, 1.807) is 18.2 Å². The van der Waals surface area contributed by atoms with Crippen LogP contribution in [0, 0.1) is 0 Å². The highest BCUT2D eigenvalue weighted by atomic mass is 19.4. The van der Waals surface area contributed by atoms with E-state index in [0.717, 1.165) is 11.1 Å². The second kappa shape index (κ2) is 9.07.